The average molecular weight is 470 g/mol. The second kappa shape index (κ2) is 9.93. The maximum atomic E-state index is 13.0. The first-order valence-electron chi connectivity index (χ1n) is 11.5. The van der Waals surface area contributed by atoms with Gasteiger partial charge in [-0.3, -0.25) is 9.59 Å². The number of carbonyl (C=O) groups excluding carboxylic acids is 2. The van der Waals surface area contributed by atoms with Gasteiger partial charge in [-0.05, 0) is 60.4 Å². The van der Waals surface area contributed by atoms with E-state index >= 15 is 0 Å². The van der Waals surface area contributed by atoms with Crippen molar-refractivity contribution in [2.45, 2.75) is 25.7 Å². The van der Waals surface area contributed by atoms with Gasteiger partial charge >= 0.3 is 0 Å². The van der Waals surface area contributed by atoms with Crippen molar-refractivity contribution in [2.24, 2.45) is 0 Å². The number of ketones is 1. The number of anilines is 1. The molecule has 176 valence electrons. The number of carbonyl (C=O) groups is 2. The number of fused-ring (bicyclic) bond motifs is 1. The molecule has 2 aromatic heterocycles. The summed E-state index contributed by atoms with van der Waals surface area (Å²) >= 11 is 0. The predicted molar refractivity (Wildman–Crippen MR) is 131 cm³/mol. The molecule has 0 saturated heterocycles. The van der Waals surface area contributed by atoms with E-state index in [1.807, 2.05) is 24.3 Å². The molecular weight excluding hydrogens is 445 g/mol. The second-order valence-electron chi connectivity index (χ2n) is 8.49. The molecule has 4 aromatic rings. The van der Waals surface area contributed by atoms with Gasteiger partial charge in [0.2, 0.25) is 0 Å². The lowest BCUT2D eigenvalue weighted by Crippen LogP contribution is -2.20. The highest BCUT2D eigenvalue weighted by Gasteiger charge is 2.26. The first kappa shape index (κ1) is 22.5. The summed E-state index contributed by atoms with van der Waals surface area (Å²) in [6, 6.07) is 19.2. The number of benzene rings is 2. The van der Waals surface area contributed by atoms with Crippen LogP contribution in [0.4, 0.5) is 10.2 Å². The van der Waals surface area contributed by atoms with Crippen LogP contribution < -0.4 is 10.1 Å². The number of hydrogen-bond acceptors (Lipinski definition) is 4. The molecule has 5 rings (SSSR count). The molecule has 1 aliphatic carbocycles. The van der Waals surface area contributed by atoms with E-state index < -0.39 is 0 Å². The second-order valence-corrected chi connectivity index (χ2v) is 8.49. The number of nitrogens with zero attached hydrogens (tertiary/aromatic N) is 1. The zero-order valence-corrected chi connectivity index (χ0v) is 19.0. The van der Waals surface area contributed by atoms with Crippen LogP contribution in [0.25, 0.3) is 11.3 Å². The molecule has 0 bridgehead atoms. The van der Waals surface area contributed by atoms with Gasteiger partial charge in [-0.2, -0.15) is 0 Å². The molecule has 0 atom stereocenters. The molecule has 35 heavy (non-hydrogen) atoms. The van der Waals surface area contributed by atoms with Crippen LogP contribution in [0.3, 0.4) is 0 Å². The molecule has 1 aliphatic rings. The molecule has 1 amide bonds. The van der Waals surface area contributed by atoms with Crippen LogP contribution in [0.2, 0.25) is 0 Å². The summed E-state index contributed by atoms with van der Waals surface area (Å²) in [7, 11) is 0. The minimum absolute atomic E-state index is 0.167. The van der Waals surface area contributed by atoms with Gasteiger partial charge in [0.25, 0.3) is 5.91 Å². The Morgan fingerprint density at radius 2 is 1.86 bits per heavy atom. The third-order valence-corrected chi connectivity index (χ3v) is 6.01. The van der Waals surface area contributed by atoms with E-state index in [-0.39, 0.29) is 24.1 Å². The Hall–Kier alpha value is -4.26. The zero-order valence-electron chi connectivity index (χ0n) is 19.0. The fourth-order valence-corrected chi connectivity index (χ4v) is 4.41. The number of amides is 1. The van der Waals surface area contributed by atoms with E-state index in [1.54, 1.807) is 12.3 Å². The summed E-state index contributed by atoms with van der Waals surface area (Å²) in [6.07, 6.45) is 4.47. The Balaban J connectivity index is 1.39. The topological polar surface area (TPSA) is 84.1 Å². The predicted octanol–water partition coefficient (Wildman–Crippen LogP) is 5.34. The van der Waals surface area contributed by atoms with Crippen LogP contribution in [0.5, 0.6) is 5.75 Å². The zero-order chi connectivity index (χ0) is 24.2. The number of aromatic amines is 1. The van der Waals surface area contributed by atoms with Gasteiger partial charge in [-0.15, -0.1) is 0 Å². The Kier molecular flexibility index (Phi) is 6.39. The normalized spacial score (nSPS) is 12.8. The van der Waals surface area contributed by atoms with Gasteiger partial charge in [0.15, 0.2) is 12.4 Å². The Bertz CT molecular complexity index is 1360. The fourth-order valence-electron chi connectivity index (χ4n) is 4.41. The number of aromatic nitrogens is 2. The van der Waals surface area contributed by atoms with E-state index in [1.165, 1.54) is 24.3 Å². The summed E-state index contributed by atoms with van der Waals surface area (Å²) < 4.78 is 18.4. The number of nitrogens with one attached hydrogen (secondary N) is 2. The number of aryl methyl sites for hydroxylation is 1. The molecule has 0 unspecified atom stereocenters. The molecule has 2 N–H and O–H groups in total. The third kappa shape index (κ3) is 5.14. The third-order valence-electron chi connectivity index (χ3n) is 6.01. The molecule has 0 saturated carbocycles. The fraction of sp³-hybridized carbons (Fsp3) is 0.179. The van der Waals surface area contributed by atoms with Crippen LogP contribution in [0, 0.1) is 5.82 Å². The minimum Gasteiger partial charge on any atom is -0.484 e. The lowest BCUT2D eigenvalue weighted by Gasteiger charge is -2.12. The van der Waals surface area contributed by atoms with Crippen LogP contribution >= 0.6 is 0 Å². The van der Waals surface area contributed by atoms with Crippen molar-refractivity contribution in [3.63, 3.8) is 0 Å². The molecule has 0 fully saturated rings. The smallest absolute Gasteiger partial charge is 0.263 e. The lowest BCUT2D eigenvalue weighted by molar-refractivity contribution is -0.118. The first-order valence-corrected chi connectivity index (χ1v) is 11.5. The van der Waals surface area contributed by atoms with E-state index in [0.717, 1.165) is 46.5 Å². The standard InChI is InChI=1S/C28H24FN3O3/c29-20-9-11-21(12-10-20)35-17-26(34)32-25-16-19(13-14-30-25)28-22(15-18-5-2-1-3-6-18)27-23(31-28)7-4-8-24(27)33/h1-3,5-6,9-14,16,31H,4,7-8,15,17H2,(H,30,32,34). The Labute approximate surface area is 202 Å². The van der Waals surface area contributed by atoms with E-state index in [4.69, 9.17) is 4.74 Å². The van der Waals surface area contributed by atoms with Crippen LogP contribution in [0.1, 0.15) is 40.0 Å². The summed E-state index contributed by atoms with van der Waals surface area (Å²) in [5.41, 5.74) is 5.56. The quantitative estimate of drug-likeness (QED) is 0.383. The Morgan fingerprint density at radius 3 is 2.66 bits per heavy atom. The molecule has 0 aliphatic heterocycles. The average Bonchev–Trinajstić information content (AvgIpc) is 3.24. The van der Waals surface area contributed by atoms with Gasteiger partial charge in [0.05, 0.1) is 5.69 Å². The highest BCUT2D eigenvalue weighted by molar-refractivity contribution is 6.01. The maximum Gasteiger partial charge on any atom is 0.263 e. The minimum atomic E-state index is -0.385. The highest BCUT2D eigenvalue weighted by Crippen LogP contribution is 2.35. The molecular formula is C28H24FN3O3. The maximum absolute atomic E-state index is 13.0. The lowest BCUT2D eigenvalue weighted by atomic mass is 9.90. The van der Waals surface area contributed by atoms with Gasteiger partial charge in [-0.25, -0.2) is 9.37 Å². The Morgan fingerprint density at radius 1 is 1.06 bits per heavy atom. The van der Waals surface area contributed by atoms with E-state index in [2.05, 4.69) is 27.4 Å². The van der Waals surface area contributed by atoms with Crippen molar-refractivity contribution in [3.8, 4) is 17.0 Å². The number of Topliss-reactive ketones (excluding diaryl/α,β-unsaturated/α-hetero) is 1. The van der Waals surface area contributed by atoms with E-state index in [9.17, 15) is 14.0 Å². The summed E-state index contributed by atoms with van der Waals surface area (Å²) in [4.78, 5) is 33.0. The summed E-state index contributed by atoms with van der Waals surface area (Å²) in [5.74, 6) is 0.182. The number of rotatable bonds is 7. The van der Waals surface area contributed by atoms with Gasteiger partial charge in [0.1, 0.15) is 17.4 Å². The van der Waals surface area contributed by atoms with Crippen LogP contribution in [0.15, 0.2) is 72.9 Å². The highest BCUT2D eigenvalue weighted by atomic mass is 19.1. The number of ether oxygens (including phenoxy) is 1. The molecule has 0 spiro atoms. The molecule has 2 aromatic carbocycles. The number of hydrogen-bond donors (Lipinski definition) is 2. The van der Waals surface area contributed by atoms with Crippen molar-refractivity contribution in [3.05, 3.63) is 101 Å². The largest absolute Gasteiger partial charge is 0.484 e. The summed E-state index contributed by atoms with van der Waals surface area (Å²) in [6.45, 7) is -0.234. The SMILES string of the molecule is O=C(COc1ccc(F)cc1)Nc1cc(-c2[nH]c3c(c2Cc2ccccc2)C(=O)CCC3)ccn1. The first-order chi connectivity index (χ1) is 17.1. The molecule has 7 heteroatoms. The molecule has 2 heterocycles. The van der Waals surface area contributed by atoms with Crippen molar-refractivity contribution in [1.29, 1.82) is 0 Å². The van der Waals surface area contributed by atoms with Crippen molar-refractivity contribution in [1.82, 2.24) is 9.97 Å². The monoisotopic (exact) mass is 469 g/mol. The molecule has 6 nitrogen and oxygen atoms in total. The number of halogens is 1. The van der Waals surface area contributed by atoms with Gasteiger partial charge in [0, 0.05) is 35.9 Å². The van der Waals surface area contributed by atoms with E-state index in [0.29, 0.717) is 24.4 Å². The van der Waals surface area contributed by atoms with Crippen molar-refractivity contribution < 1.29 is 18.7 Å². The van der Waals surface area contributed by atoms with Gasteiger partial charge in [-0.1, -0.05) is 30.3 Å². The summed E-state index contributed by atoms with van der Waals surface area (Å²) in [5, 5.41) is 2.74. The van der Waals surface area contributed by atoms with Crippen LogP contribution in [-0.4, -0.2) is 28.3 Å². The van der Waals surface area contributed by atoms with Crippen molar-refractivity contribution in [2.75, 3.05) is 11.9 Å². The van der Waals surface area contributed by atoms with Crippen molar-refractivity contribution >= 4 is 17.5 Å². The number of pyridine rings is 1. The number of H-pyrrole nitrogens is 1. The van der Waals surface area contributed by atoms with Gasteiger partial charge < -0.3 is 15.0 Å². The molecule has 0 radical (unpaired) electrons. The van der Waals surface area contributed by atoms with Crippen LogP contribution in [-0.2, 0) is 17.6 Å².